The number of aliphatic carboxylic acids is 2. The van der Waals surface area contributed by atoms with Gasteiger partial charge in [0, 0.05) is 0 Å². The average molecular weight is 667 g/mol. The van der Waals surface area contributed by atoms with Crippen molar-refractivity contribution in [1.29, 1.82) is 0 Å². The van der Waals surface area contributed by atoms with Crippen molar-refractivity contribution >= 4 is 25.1 Å². The zero-order valence-corrected chi connectivity index (χ0v) is 32.3. The molecule has 0 saturated carbocycles. The Morgan fingerprint density at radius 1 is 0.386 bits per heavy atom. The Labute approximate surface area is 272 Å². The van der Waals surface area contributed by atoms with E-state index in [1.165, 1.54) is 0 Å². The van der Waals surface area contributed by atoms with Gasteiger partial charge in [0.25, 0.3) is 0 Å². The molecule has 4 N–H and O–H groups in total. The first-order chi connectivity index (χ1) is 20.8. The summed E-state index contributed by atoms with van der Waals surface area (Å²) in [7, 11) is 0. The average Bonchev–Trinajstić information content (AvgIpc) is 3.02. The molecule has 0 aromatic carbocycles. The summed E-state index contributed by atoms with van der Waals surface area (Å²) in [5.41, 5.74) is 0. The van der Waals surface area contributed by atoms with E-state index in [0.29, 0.717) is 49.3 Å². The molecular weight excluding hydrogens is 590 g/mol. The van der Waals surface area contributed by atoms with Crippen LogP contribution in [0.3, 0.4) is 0 Å². The van der Waals surface area contributed by atoms with E-state index in [-0.39, 0.29) is 0 Å². The molecule has 44 heavy (non-hydrogen) atoms. The SMILES string of the molecule is CCCCP(CCCC)(CCCC)(CCCC)C(O)(C(=O)O)C(O)(C(=O)O)P(CCCC)(CCCC)(CCCC)CCCC. The van der Waals surface area contributed by atoms with E-state index in [1.54, 1.807) is 0 Å². The Balaban J connectivity index is 8.92. The summed E-state index contributed by atoms with van der Waals surface area (Å²) >= 11 is 0. The van der Waals surface area contributed by atoms with E-state index in [2.05, 4.69) is 55.4 Å². The van der Waals surface area contributed by atoms with Gasteiger partial charge in [0.05, 0.1) is 0 Å². The number of rotatable bonds is 29. The van der Waals surface area contributed by atoms with Gasteiger partial charge in [0.1, 0.15) is 0 Å². The van der Waals surface area contributed by atoms with Gasteiger partial charge in [-0.15, -0.1) is 0 Å². The number of carbonyl (C=O) groups is 2. The van der Waals surface area contributed by atoms with Gasteiger partial charge >= 0.3 is 273 Å². The summed E-state index contributed by atoms with van der Waals surface area (Å²) in [6, 6.07) is 0. The van der Waals surface area contributed by atoms with Crippen LogP contribution in [0.15, 0.2) is 0 Å². The first-order valence-electron chi connectivity index (χ1n) is 18.7. The monoisotopic (exact) mass is 667 g/mol. The van der Waals surface area contributed by atoms with Gasteiger partial charge in [0.15, 0.2) is 0 Å². The van der Waals surface area contributed by atoms with Crippen molar-refractivity contribution in [3.05, 3.63) is 0 Å². The van der Waals surface area contributed by atoms with Crippen molar-refractivity contribution in [2.75, 3.05) is 49.3 Å². The third kappa shape index (κ3) is 8.05. The van der Waals surface area contributed by atoms with Gasteiger partial charge in [-0.3, -0.25) is 0 Å². The van der Waals surface area contributed by atoms with Crippen LogP contribution < -0.4 is 0 Å². The van der Waals surface area contributed by atoms with Gasteiger partial charge < -0.3 is 0 Å². The number of hydrogen-bond acceptors (Lipinski definition) is 4. The summed E-state index contributed by atoms with van der Waals surface area (Å²) in [5.74, 6) is -2.93. The molecular formula is C36H76O6P2. The molecule has 0 aliphatic rings. The molecule has 266 valence electrons. The van der Waals surface area contributed by atoms with Crippen molar-refractivity contribution in [2.24, 2.45) is 0 Å². The molecule has 0 aromatic heterocycles. The molecule has 8 heteroatoms. The molecule has 6 nitrogen and oxygen atoms in total. The Bertz CT molecular complexity index is 693. The Hall–Kier alpha value is -0.280. The fraction of sp³-hybridized carbons (Fsp3) is 0.944. The standard InChI is InChI=1S/C36H76O6P2/c1-9-17-25-43(26-18-10-2,27-19-11-3,28-20-12-4)35(41,33(37)38)36(42,34(39)40)44(29-21-13-5,30-22-14-6,31-23-15-7)32-24-16-8/h41-42H,9-32H2,1-8H3,(H,37,38)(H,39,40). The second-order valence-electron chi connectivity index (χ2n) is 14.5. The van der Waals surface area contributed by atoms with Gasteiger partial charge in [-0.05, 0) is 0 Å². The third-order valence-electron chi connectivity index (χ3n) is 11.7. The number of carboxylic acid groups (broad SMARTS) is 2. The molecule has 0 spiro atoms. The molecule has 0 radical (unpaired) electrons. The van der Waals surface area contributed by atoms with Crippen LogP contribution >= 0.6 is 13.2 Å². The summed E-state index contributed by atoms with van der Waals surface area (Å²) in [6.45, 7) is 8.90. The normalized spacial score (nSPS) is 17.1. The summed E-state index contributed by atoms with van der Waals surface area (Å²) in [6.07, 6.45) is 16.9. The van der Waals surface area contributed by atoms with E-state index in [0.717, 1.165) is 103 Å². The fourth-order valence-electron chi connectivity index (χ4n) is 8.94. The van der Waals surface area contributed by atoms with Crippen LogP contribution in [-0.4, -0.2) is 92.3 Å². The van der Waals surface area contributed by atoms with E-state index in [4.69, 9.17) is 0 Å². The minimum atomic E-state index is -3.93. The van der Waals surface area contributed by atoms with Gasteiger partial charge in [-0.1, -0.05) is 0 Å². The van der Waals surface area contributed by atoms with Crippen molar-refractivity contribution < 1.29 is 30.0 Å². The number of aliphatic hydroxyl groups is 2. The number of carboxylic acids is 2. The predicted octanol–water partition coefficient (Wildman–Crippen LogP) is 10.0. The Morgan fingerprint density at radius 3 is 0.614 bits per heavy atom. The molecule has 0 fully saturated rings. The Kier molecular flexibility index (Phi) is 19.4. The summed E-state index contributed by atoms with van der Waals surface area (Å²) < 4.78 is 0. The van der Waals surface area contributed by atoms with Crippen LogP contribution in [-0.2, 0) is 9.59 Å². The summed E-state index contributed by atoms with van der Waals surface area (Å²) in [4.78, 5) is 28.7. The molecule has 2 unspecified atom stereocenters. The first kappa shape index (κ1) is 43.7. The molecule has 0 rings (SSSR count). The van der Waals surface area contributed by atoms with E-state index >= 15 is 0 Å². The van der Waals surface area contributed by atoms with Crippen LogP contribution in [0.1, 0.15) is 158 Å². The molecule has 0 amide bonds. The fourth-order valence-corrected chi connectivity index (χ4v) is 28.1. The maximum atomic E-state index is 14.3. The van der Waals surface area contributed by atoms with Crippen molar-refractivity contribution in [3.63, 3.8) is 0 Å². The van der Waals surface area contributed by atoms with Gasteiger partial charge in [0.2, 0.25) is 0 Å². The number of hydrogen-bond donors (Lipinski definition) is 4. The third-order valence-corrected chi connectivity index (χ3v) is 28.5. The van der Waals surface area contributed by atoms with E-state index in [1.807, 2.05) is 0 Å². The van der Waals surface area contributed by atoms with Crippen LogP contribution in [0.2, 0.25) is 0 Å². The van der Waals surface area contributed by atoms with Crippen LogP contribution in [0.25, 0.3) is 0 Å². The quantitative estimate of drug-likeness (QED) is 0.0591. The van der Waals surface area contributed by atoms with Crippen LogP contribution in [0, 0.1) is 0 Å². The molecule has 0 aromatic rings. The van der Waals surface area contributed by atoms with Crippen LogP contribution in [0.5, 0.6) is 0 Å². The summed E-state index contributed by atoms with van der Waals surface area (Å²) in [5, 5.41) is 45.5. The van der Waals surface area contributed by atoms with Gasteiger partial charge in [-0.25, -0.2) is 0 Å². The van der Waals surface area contributed by atoms with Crippen LogP contribution in [0.4, 0.5) is 0 Å². The zero-order valence-electron chi connectivity index (χ0n) is 30.5. The second-order valence-corrected chi connectivity index (χ2v) is 27.3. The van der Waals surface area contributed by atoms with Gasteiger partial charge in [-0.2, -0.15) is 0 Å². The van der Waals surface area contributed by atoms with Crippen molar-refractivity contribution in [3.8, 4) is 0 Å². The van der Waals surface area contributed by atoms with Crippen molar-refractivity contribution in [1.82, 2.24) is 0 Å². The predicted molar refractivity (Wildman–Crippen MR) is 197 cm³/mol. The maximum absolute atomic E-state index is 14.3. The molecule has 0 bridgehead atoms. The zero-order chi connectivity index (χ0) is 34.0. The van der Waals surface area contributed by atoms with E-state index < -0.39 is 35.8 Å². The van der Waals surface area contributed by atoms with Crippen molar-refractivity contribution in [2.45, 2.75) is 169 Å². The van der Waals surface area contributed by atoms with E-state index in [9.17, 15) is 30.0 Å². The molecule has 0 heterocycles. The number of unbranched alkanes of at least 4 members (excludes halogenated alkanes) is 8. The second kappa shape index (κ2) is 19.5. The molecule has 0 aliphatic carbocycles. The minimum absolute atomic E-state index is 0.538. The topological polar surface area (TPSA) is 115 Å². The molecule has 0 saturated heterocycles. The first-order valence-corrected chi connectivity index (χ1v) is 24.6. The molecule has 0 aliphatic heterocycles. The molecule has 2 atom stereocenters. The Morgan fingerprint density at radius 2 is 0.523 bits per heavy atom.